The van der Waals surface area contributed by atoms with E-state index in [1.807, 2.05) is 39.0 Å². The molecule has 25 heavy (non-hydrogen) atoms. The number of rotatable bonds is 3. The highest BCUT2D eigenvalue weighted by atomic mass is 19.1. The minimum Gasteiger partial charge on any atom is -0.494 e. The molecule has 1 amide bonds. The van der Waals surface area contributed by atoms with Gasteiger partial charge in [-0.15, -0.1) is 0 Å². The van der Waals surface area contributed by atoms with Crippen LogP contribution in [0.4, 0.5) is 4.39 Å². The minimum atomic E-state index is -0.557. The van der Waals surface area contributed by atoms with E-state index < -0.39 is 11.4 Å². The zero-order valence-corrected chi connectivity index (χ0v) is 14.9. The first-order chi connectivity index (χ1) is 11.8. The van der Waals surface area contributed by atoms with Crippen molar-refractivity contribution in [3.05, 3.63) is 58.9 Å². The summed E-state index contributed by atoms with van der Waals surface area (Å²) < 4.78 is 24.8. The Morgan fingerprint density at radius 3 is 2.72 bits per heavy atom. The molecule has 0 saturated heterocycles. The molecule has 1 N–H and O–H groups in total. The van der Waals surface area contributed by atoms with Crippen LogP contribution < -0.4 is 14.8 Å². The van der Waals surface area contributed by atoms with Gasteiger partial charge in [-0.2, -0.15) is 0 Å². The lowest BCUT2D eigenvalue weighted by molar-refractivity contribution is 0.0619. The summed E-state index contributed by atoms with van der Waals surface area (Å²) in [6, 6.07) is 9.94. The maximum atomic E-state index is 13.9. The number of aryl methyl sites for hydroxylation is 1. The van der Waals surface area contributed by atoms with Crippen LogP contribution in [0.25, 0.3) is 0 Å². The normalized spacial score (nSPS) is 18.0. The lowest BCUT2D eigenvalue weighted by Crippen LogP contribution is -2.41. The van der Waals surface area contributed by atoms with E-state index >= 15 is 0 Å². The van der Waals surface area contributed by atoms with Crippen LogP contribution in [0.3, 0.4) is 0 Å². The molecule has 0 unspecified atom stereocenters. The molecule has 132 valence electrons. The summed E-state index contributed by atoms with van der Waals surface area (Å²) in [5.41, 5.74) is 1.89. The Balaban J connectivity index is 1.87. The van der Waals surface area contributed by atoms with E-state index in [0.717, 1.165) is 16.9 Å². The minimum absolute atomic E-state index is 0.115. The number of ether oxygens (including phenoxy) is 2. The summed E-state index contributed by atoms with van der Waals surface area (Å²) in [7, 11) is 1.39. The van der Waals surface area contributed by atoms with Crippen LogP contribution in [0.5, 0.6) is 11.5 Å². The van der Waals surface area contributed by atoms with Gasteiger partial charge >= 0.3 is 0 Å². The first kappa shape index (κ1) is 17.3. The molecular weight excluding hydrogens is 321 g/mol. The van der Waals surface area contributed by atoms with Gasteiger partial charge in [-0.3, -0.25) is 4.79 Å². The highest BCUT2D eigenvalue weighted by molar-refractivity contribution is 5.94. The quantitative estimate of drug-likeness (QED) is 0.910. The van der Waals surface area contributed by atoms with Gasteiger partial charge in [0.05, 0.1) is 13.2 Å². The molecule has 3 rings (SSSR count). The van der Waals surface area contributed by atoms with E-state index in [0.29, 0.717) is 6.42 Å². The fourth-order valence-electron chi connectivity index (χ4n) is 3.14. The number of nitrogens with one attached hydrogen (secondary N) is 1. The monoisotopic (exact) mass is 343 g/mol. The third-order valence-electron chi connectivity index (χ3n) is 4.35. The number of halogens is 1. The number of fused-ring (bicyclic) bond motifs is 1. The largest absolute Gasteiger partial charge is 0.494 e. The van der Waals surface area contributed by atoms with Crippen LogP contribution >= 0.6 is 0 Å². The van der Waals surface area contributed by atoms with Crippen molar-refractivity contribution in [1.29, 1.82) is 0 Å². The van der Waals surface area contributed by atoms with Gasteiger partial charge in [-0.25, -0.2) is 4.39 Å². The van der Waals surface area contributed by atoms with Crippen LogP contribution in [0.1, 0.15) is 47.8 Å². The Bertz CT molecular complexity index is 817. The highest BCUT2D eigenvalue weighted by Gasteiger charge is 2.34. The molecule has 1 heterocycles. The topological polar surface area (TPSA) is 47.6 Å². The fraction of sp³-hybridized carbons (Fsp3) is 0.350. The highest BCUT2D eigenvalue weighted by Crippen LogP contribution is 2.40. The third kappa shape index (κ3) is 3.60. The second-order valence-corrected chi connectivity index (χ2v) is 6.98. The molecule has 2 aromatic rings. The van der Waals surface area contributed by atoms with E-state index in [1.54, 1.807) is 6.07 Å². The molecule has 0 spiro atoms. The Kier molecular flexibility index (Phi) is 4.41. The van der Waals surface area contributed by atoms with Crippen LogP contribution in [-0.2, 0) is 0 Å². The van der Waals surface area contributed by atoms with Gasteiger partial charge in [0.15, 0.2) is 11.6 Å². The van der Waals surface area contributed by atoms with Gasteiger partial charge in [0.25, 0.3) is 5.91 Å². The number of carbonyl (C=O) groups excluding carboxylic acids is 1. The predicted molar refractivity (Wildman–Crippen MR) is 93.7 cm³/mol. The molecule has 2 aromatic carbocycles. The van der Waals surface area contributed by atoms with E-state index in [1.165, 1.54) is 19.2 Å². The second kappa shape index (κ2) is 6.39. The van der Waals surface area contributed by atoms with Crippen molar-refractivity contribution in [2.24, 2.45) is 0 Å². The average molecular weight is 343 g/mol. The lowest BCUT2D eigenvalue weighted by atomic mass is 9.89. The fourth-order valence-corrected chi connectivity index (χ4v) is 3.14. The molecule has 0 saturated carbocycles. The summed E-state index contributed by atoms with van der Waals surface area (Å²) in [6.07, 6.45) is 0.632. The summed E-state index contributed by atoms with van der Waals surface area (Å²) in [5, 5.41) is 3.00. The molecule has 0 radical (unpaired) electrons. The molecule has 1 aliphatic heterocycles. The number of hydrogen-bond donors (Lipinski definition) is 1. The Morgan fingerprint density at radius 2 is 2.04 bits per heavy atom. The number of benzene rings is 2. The summed E-state index contributed by atoms with van der Waals surface area (Å²) in [6.45, 7) is 5.98. The van der Waals surface area contributed by atoms with Gasteiger partial charge in [0.1, 0.15) is 11.4 Å². The van der Waals surface area contributed by atoms with Crippen LogP contribution in [0, 0.1) is 12.7 Å². The maximum absolute atomic E-state index is 13.9. The summed E-state index contributed by atoms with van der Waals surface area (Å²) >= 11 is 0. The first-order valence-corrected chi connectivity index (χ1v) is 8.23. The van der Waals surface area contributed by atoms with E-state index in [9.17, 15) is 9.18 Å². The summed E-state index contributed by atoms with van der Waals surface area (Å²) in [5.74, 6) is 0.0151. The van der Waals surface area contributed by atoms with Gasteiger partial charge < -0.3 is 14.8 Å². The molecule has 4 nitrogen and oxygen atoms in total. The van der Waals surface area contributed by atoms with Crippen molar-refractivity contribution in [3.63, 3.8) is 0 Å². The van der Waals surface area contributed by atoms with Crippen LogP contribution in [0.15, 0.2) is 36.4 Å². The van der Waals surface area contributed by atoms with E-state index in [4.69, 9.17) is 9.47 Å². The predicted octanol–water partition coefficient (Wildman–Crippen LogP) is 4.17. The zero-order chi connectivity index (χ0) is 18.2. The van der Waals surface area contributed by atoms with Gasteiger partial charge in [-0.1, -0.05) is 12.1 Å². The smallest absolute Gasteiger partial charge is 0.251 e. The van der Waals surface area contributed by atoms with E-state index in [2.05, 4.69) is 5.32 Å². The molecular formula is C20H22FNO3. The molecule has 0 bridgehead atoms. The van der Waals surface area contributed by atoms with Crippen molar-refractivity contribution in [2.45, 2.75) is 38.8 Å². The SMILES string of the molecule is COc1ccc(C(=O)N[C@H]2CC(C)(C)Oc3cc(C)ccc32)cc1F. The third-order valence-corrected chi connectivity index (χ3v) is 4.35. The Hall–Kier alpha value is -2.56. The Labute approximate surface area is 147 Å². The zero-order valence-electron chi connectivity index (χ0n) is 14.9. The average Bonchev–Trinajstić information content (AvgIpc) is 2.53. The molecule has 1 aliphatic rings. The van der Waals surface area contributed by atoms with Crippen LogP contribution in [0.2, 0.25) is 0 Å². The second-order valence-electron chi connectivity index (χ2n) is 6.98. The standard InChI is InChI=1S/C20H22FNO3/c1-12-5-7-14-16(11-20(2,3)25-18(14)9-12)22-19(23)13-6-8-17(24-4)15(21)10-13/h5-10,16H,11H2,1-4H3,(H,22,23)/t16-/m0/s1. The maximum Gasteiger partial charge on any atom is 0.251 e. The van der Waals surface area contributed by atoms with Gasteiger partial charge in [-0.05, 0) is 50.6 Å². The molecule has 1 atom stereocenters. The number of methoxy groups -OCH3 is 1. The van der Waals surface area contributed by atoms with Gasteiger partial charge in [0.2, 0.25) is 0 Å². The first-order valence-electron chi connectivity index (χ1n) is 8.23. The molecule has 5 heteroatoms. The van der Waals surface area contributed by atoms with Crippen molar-refractivity contribution >= 4 is 5.91 Å². The van der Waals surface area contributed by atoms with Crippen molar-refractivity contribution < 1.29 is 18.7 Å². The van der Waals surface area contributed by atoms with E-state index in [-0.39, 0.29) is 23.3 Å². The van der Waals surface area contributed by atoms with Crippen molar-refractivity contribution in [3.8, 4) is 11.5 Å². The summed E-state index contributed by atoms with van der Waals surface area (Å²) in [4.78, 5) is 12.6. The number of hydrogen-bond acceptors (Lipinski definition) is 3. The van der Waals surface area contributed by atoms with Crippen LogP contribution in [-0.4, -0.2) is 18.6 Å². The molecule has 0 aliphatic carbocycles. The lowest BCUT2D eigenvalue weighted by Gasteiger charge is -2.38. The number of amides is 1. The molecule has 0 fully saturated rings. The van der Waals surface area contributed by atoms with Crippen molar-refractivity contribution in [1.82, 2.24) is 5.32 Å². The Morgan fingerprint density at radius 1 is 1.28 bits per heavy atom. The van der Waals surface area contributed by atoms with Gasteiger partial charge in [0, 0.05) is 17.5 Å². The van der Waals surface area contributed by atoms with Crippen molar-refractivity contribution in [2.75, 3.05) is 7.11 Å². The number of carbonyl (C=O) groups is 1. The molecule has 0 aromatic heterocycles.